The number of urea groups is 1. The van der Waals surface area contributed by atoms with Crippen LogP contribution in [0.2, 0.25) is 0 Å². The molecule has 0 unspecified atom stereocenters. The van der Waals surface area contributed by atoms with Gasteiger partial charge in [-0.3, -0.25) is 14.5 Å². The van der Waals surface area contributed by atoms with Gasteiger partial charge in [0.05, 0.1) is 6.04 Å². The molecular formula is C21H29N3O5. The van der Waals surface area contributed by atoms with Crippen LogP contribution >= 0.6 is 0 Å². The second kappa shape index (κ2) is 7.82. The summed E-state index contributed by atoms with van der Waals surface area (Å²) < 4.78 is 10.9. The Bertz CT molecular complexity index is 796. The Morgan fingerprint density at radius 1 is 1.28 bits per heavy atom. The molecule has 1 aromatic rings. The zero-order valence-corrected chi connectivity index (χ0v) is 17.1. The van der Waals surface area contributed by atoms with E-state index in [1.807, 2.05) is 12.1 Å². The summed E-state index contributed by atoms with van der Waals surface area (Å²) in [5.74, 6) is 1.52. The quantitative estimate of drug-likeness (QED) is 0.763. The molecule has 0 bridgehead atoms. The predicted molar refractivity (Wildman–Crippen MR) is 104 cm³/mol. The number of rotatable bonds is 5. The van der Waals surface area contributed by atoms with Gasteiger partial charge >= 0.3 is 6.03 Å². The molecule has 3 heterocycles. The summed E-state index contributed by atoms with van der Waals surface area (Å²) in [5, 5.41) is 2.88. The molecule has 29 heavy (non-hydrogen) atoms. The van der Waals surface area contributed by atoms with E-state index >= 15 is 0 Å². The fraction of sp³-hybridized carbons (Fsp3) is 0.667. The molecular weight excluding hydrogens is 374 g/mol. The van der Waals surface area contributed by atoms with Gasteiger partial charge in [-0.05, 0) is 56.6 Å². The van der Waals surface area contributed by atoms with Crippen molar-refractivity contribution in [3.8, 4) is 0 Å². The van der Waals surface area contributed by atoms with Crippen molar-refractivity contribution in [3.05, 3.63) is 23.7 Å². The number of methoxy groups -OCH3 is 1. The minimum atomic E-state index is -0.815. The number of hydrogen-bond acceptors (Lipinski definition) is 5. The summed E-state index contributed by atoms with van der Waals surface area (Å²) >= 11 is 0. The van der Waals surface area contributed by atoms with Crippen molar-refractivity contribution in [1.29, 1.82) is 0 Å². The van der Waals surface area contributed by atoms with Crippen LogP contribution in [0.15, 0.2) is 16.5 Å². The minimum Gasteiger partial charge on any atom is -0.461 e. The number of hydrogen-bond donors (Lipinski definition) is 1. The van der Waals surface area contributed by atoms with Crippen molar-refractivity contribution in [2.45, 2.75) is 63.6 Å². The van der Waals surface area contributed by atoms with Crippen LogP contribution in [0.25, 0.3) is 0 Å². The third-order valence-electron chi connectivity index (χ3n) is 6.54. The average molecular weight is 403 g/mol. The molecule has 1 saturated carbocycles. The van der Waals surface area contributed by atoms with Crippen LogP contribution in [0.3, 0.4) is 0 Å². The summed E-state index contributed by atoms with van der Waals surface area (Å²) in [6, 6.07) is 3.11. The van der Waals surface area contributed by atoms with Crippen LogP contribution in [0.4, 0.5) is 4.79 Å². The highest BCUT2D eigenvalue weighted by Gasteiger charge is 2.52. The largest absolute Gasteiger partial charge is 0.461 e. The van der Waals surface area contributed by atoms with Crippen LogP contribution in [0.1, 0.15) is 63.0 Å². The van der Waals surface area contributed by atoms with Crippen LogP contribution in [-0.2, 0) is 20.9 Å². The van der Waals surface area contributed by atoms with Crippen LogP contribution in [0, 0.1) is 5.92 Å². The highest BCUT2D eigenvalue weighted by atomic mass is 16.5. The van der Waals surface area contributed by atoms with Gasteiger partial charge in [0.25, 0.3) is 5.91 Å². The van der Waals surface area contributed by atoms with Crippen molar-refractivity contribution >= 4 is 17.8 Å². The van der Waals surface area contributed by atoms with Gasteiger partial charge in [0, 0.05) is 13.7 Å². The van der Waals surface area contributed by atoms with Crippen molar-refractivity contribution in [2.75, 3.05) is 20.2 Å². The lowest BCUT2D eigenvalue weighted by Gasteiger charge is -2.33. The Balaban J connectivity index is 1.44. The number of furan rings is 1. The molecule has 2 aliphatic heterocycles. The van der Waals surface area contributed by atoms with Crippen molar-refractivity contribution in [3.63, 3.8) is 0 Å². The van der Waals surface area contributed by atoms with Gasteiger partial charge < -0.3 is 19.4 Å². The molecule has 2 saturated heterocycles. The summed E-state index contributed by atoms with van der Waals surface area (Å²) in [6.07, 6.45) is 4.76. The number of ether oxygens (including phenoxy) is 1. The van der Waals surface area contributed by atoms with E-state index in [4.69, 9.17) is 9.15 Å². The maximum Gasteiger partial charge on any atom is 0.325 e. The molecule has 0 aromatic carbocycles. The molecule has 1 spiro atoms. The maximum absolute atomic E-state index is 13.0. The molecule has 158 valence electrons. The van der Waals surface area contributed by atoms with E-state index in [1.54, 1.807) is 12.0 Å². The molecule has 1 N–H and O–H groups in total. The predicted octanol–water partition coefficient (Wildman–Crippen LogP) is 2.59. The zero-order valence-electron chi connectivity index (χ0n) is 17.1. The summed E-state index contributed by atoms with van der Waals surface area (Å²) in [4.78, 5) is 41.4. The van der Waals surface area contributed by atoms with Gasteiger partial charge in [-0.1, -0.05) is 6.92 Å². The first-order chi connectivity index (χ1) is 13.9. The molecule has 1 atom stereocenters. The van der Waals surface area contributed by atoms with Crippen LogP contribution in [0.5, 0.6) is 0 Å². The Hall–Kier alpha value is -2.35. The molecule has 8 nitrogen and oxygen atoms in total. The van der Waals surface area contributed by atoms with Crippen LogP contribution < -0.4 is 5.32 Å². The third-order valence-corrected chi connectivity index (χ3v) is 6.54. The number of imide groups is 1. The van der Waals surface area contributed by atoms with E-state index in [2.05, 4.69) is 12.2 Å². The van der Waals surface area contributed by atoms with E-state index in [1.165, 1.54) is 0 Å². The molecule has 8 heteroatoms. The summed E-state index contributed by atoms with van der Waals surface area (Å²) in [5.41, 5.74) is -0.815. The van der Waals surface area contributed by atoms with Gasteiger partial charge in [-0.25, -0.2) is 4.79 Å². The highest BCUT2D eigenvalue weighted by molar-refractivity contribution is 6.09. The first kappa shape index (κ1) is 19.9. The van der Waals surface area contributed by atoms with Gasteiger partial charge in [-0.2, -0.15) is 0 Å². The number of carbonyl (C=O) groups is 3. The first-order valence-corrected chi connectivity index (χ1v) is 10.4. The molecule has 4 rings (SSSR count). The zero-order chi connectivity index (χ0) is 20.6. The molecule has 3 fully saturated rings. The topological polar surface area (TPSA) is 92.1 Å². The van der Waals surface area contributed by atoms with Crippen molar-refractivity contribution in [1.82, 2.24) is 15.1 Å². The number of nitrogens with zero attached hydrogens (tertiary/aromatic N) is 2. The molecule has 1 aliphatic carbocycles. The van der Waals surface area contributed by atoms with Crippen molar-refractivity contribution in [2.24, 2.45) is 5.92 Å². The smallest absolute Gasteiger partial charge is 0.325 e. The Morgan fingerprint density at radius 2 is 2.03 bits per heavy atom. The first-order valence-electron chi connectivity index (χ1n) is 10.4. The number of amides is 4. The fourth-order valence-corrected chi connectivity index (χ4v) is 4.79. The van der Waals surface area contributed by atoms with Gasteiger partial charge in [-0.15, -0.1) is 0 Å². The minimum absolute atomic E-state index is 0.168. The molecule has 0 radical (unpaired) electrons. The second-order valence-electron chi connectivity index (χ2n) is 8.57. The molecule has 4 amide bonds. The van der Waals surface area contributed by atoms with Gasteiger partial charge in [0.2, 0.25) is 5.91 Å². The number of likely N-dealkylation sites (tertiary alicyclic amines) is 1. The number of carbonyl (C=O) groups excluding carboxylic acids is 3. The Kier molecular flexibility index (Phi) is 5.38. The summed E-state index contributed by atoms with van der Waals surface area (Å²) in [6.45, 7) is 2.92. The lowest BCUT2D eigenvalue weighted by atomic mass is 9.77. The standard InChI is InChI=1S/C21H29N3O5/c1-14-7-9-21(10-8-14)19(26)24(20(27)22-21)12-18(25)23-11-3-4-16(23)17-6-5-15(29-17)13-28-2/h5-6,14,16H,3-4,7-13H2,1-2H3,(H,22,27)/t14?,16-,21?/m0/s1. The monoisotopic (exact) mass is 403 g/mol. The lowest BCUT2D eigenvalue weighted by molar-refractivity contribution is -0.140. The molecule has 3 aliphatic rings. The van der Waals surface area contributed by atoms with Crippen LogP contribution in [-0.4, -0.2) is 53.4 Å². The highest BCUT2D eigenvalue weighted by Crippen LogP contribution is 2.37. The van der Waals surface area contributed by atoms with Crippen molar-refractivity contribution < 1.29 is 23.5 Å². The fourth-order valence-electron chi connectivity index (χ4n) is 4.79. The van der Waals surface area contributed by atoms with E-state index < -0.39 is 11.6 Å². The maximum atomic E-state index is 13.0. The SMILES string of the molecule is COCc1ccc([C@@H]2CCCN2C(=O)CN2C(=O)NC3(CCC(C)CC3)C2=O)o1. The lowest BCUT2D eigenvalue weighted by Crippen LogP contribution is -2.50. The van der Waals surface area contributed by atoms with Gasteiger partial charge in [0.15, 0.2) is 0 Å². The Morgan fingerprint density at radius 3 is 2.76 bits per heavy atom. The summed E-state index contributed by atoms with van der Waals surface area (Å²) in [7, 11) is 1.60. The molecule has 1 aromatic heterocycles. The number of nitrogens with one attached hydrogen (secondary N) is 1. The van der Waals surface area contributed by atoms with E-state index in [9.17, 15) is 14.4 Å². The normalized spacial score (nSPS) is 29.7. The van der Waals surface area contributed by atoms with E-state index in [-0.39, 0.29) is 24.4 Å². The average Bonchev–Trinajstić information content (AvgIpc) is 3.40. The van der Waals surface area contributed by atoms with E-state index in [0.29, 0.717) is 37.7 Å². The second-order valence-corrected chi connectivity index (χ2v) is 8.57. The third kappa shape index (κ3) is 3.66. The van der Waals surface area contributed by atoms with Gasteiger partial charge in [0.1, 0.15) is 30.2 Å². The van der Waals surface area contributed by atoms with E-state index in [0.717, 1.165) is 36.3 Å². The Labute approximate surface area is 170 Å².